The number of aromatic nitrogens is 7. The summed E-state index contributed by atoms with van der Waals surface area (Å²) in [7, 11) is 0. The minimum absolute atomic E-state index is 0.235. The first kappa shape index (κ1) is 15.8. The minimum atomic E-state index is -0.411. The van der Waals surface area contributed by atoms with Crippen molar-refractivity contribution >= 4 is 11.6 Å². The fraction of sp³-hybridized carbons (Fsp3) is 0.333. The second kappa shape index (κ2) is 6.32. The largest absolute Gasteiger partial charge is 0.352 e. The average molecular weight is 350 g/mol. The topological polar surface area (TPSA) is 128 Å². The minimum Gasteiger partial charge on any atom is -0.352 e. The third-order valence-corrected chi connectivity index (χ3v) is 4.03. The highest BCUT2D eigenvalue weighted by atomic mass is 16.1. The van der Waals surface area contributed by atoms with Crippen LogP contribution in [0.25, 0.3) is 11.5 Å². The molecular weight excluding hydrogens is 336 g/mol. The van der Waals surface area contributed by atoms with Crippen molar-refractivity contribution in [2.24, 2.45) is 10.2 Å². The van der Waals surface area contributed by atoms with Crippen molar-refractivity contribution in [1.82, 2.24) is 40.1 Å². The van der Waals surface area contributed by atoms with Gasteiger partial charge >= 0.3 is 0 Å². The first-order valence-corrected chi connectivity index (χ1v) is 7.94. The number of carbonyl (C=O) groups is 1. The van der Waals surface area contributed by atoms with Crippen LogP contribution in [0.3, 0.4) is 0 Å². The Morgan fingerprint density at radius 2 is 2.15 bits per heavy atom. The van der Waals surface area contributed by atoms with Crippen molar-refractivity contribution in [2.45, 2.75) is 24.9 Å². The van der Waals surface area contributed by atoms with Crippen LogP contribution in [-0.4, -0.2) is 52.9 Å². The molecule has 3 aromatic rings. The fourth-order valence-corrected chi connectivity index (χ4v) is 2.53. The van der Waals surface area contributed by atoms with Gasteiger partial charge in [0.1, 0.15) is 0 Å². The summed E-state index contributed by atoms with van der Waals surface area (Å²) in [4.78, 5) is 16.4. The van der Waals surface area contributed by atoms with Crippen molar-refractivity contribution in [3.63, 3.8) is 0 Å². The third-order valence-electron chi connectivity index (χ3n) is 4.03. The van der Waals surface area contributed by atoms with E-state index in [2.05, 4.69) is 47.1 Å². The lowest BCUT2D eigenvalue weighted by atomic mass is 10.0. The van der Waals surface area contributed by atoms with E-state index in [4.69, 9.17) is 6.42 Å². The highest BCUT2D eigenvalue weighted by Crippen LogP contribution is 2.36. The van der Waals surface area contributed by atoms with Gasteiger partial charge in [0.05, 0.1) is 24.2 Å². The molecule has 0 saturated carbocycles. The van der Waals surface area contributed by atoms with Gasteiger partial charge in [0.15, 0.2) is 17.1 Å². The molecule has 11 heteroatoms. The maximum atomic E-state index is 12.3. The number of amides is 1. The quantitative estimate of drug-likeness (QED) is 0.614. The van der Waals surface area contributed by atoms with Crippen LogP contribution in [0.2, 0.25) is 0 Å². The normalized spacial score (nSPS) is 14.3. The van der Waals surface area contributed by atoms with Gasteiger partial charge < -0.3 is 5.32 Å². The second-order valence-electron chi connectivity index (χ2n) is 5.78. The molecule has 0 aliphatic carbocycles. The van der Waals surface area contributed by atoms with Gasteiger partial charge in [-0.1, -0.05) is 0 Å². The molecule has 0 unspecified atom stereocenters. The van der Waals surface area contributed by atoms with Gasteiger partial charge in [-0.15, -0.1) is 17.4 Å². The van der Waals surface area contributed by atoms with Crippen LogP contribution in [-0.2, 0) is 0 Å². The predicted molar refractivity (Wildman–Crippen MR) is 88.3 cm³/mol. The van der Waals surface area contributed by atoms with Crippen molar-refractivity contribution in [2.75, 3.05) is 6.54 Å². The molecule has 4 heterocycles. The number of nitrogens with zero attached hydrogens (tertiary/aromatic N) is 9. The lowest BCUT2D eigenvalue weighted by molar-refractivity contribution is 0.0952. The summed E-state index contributed by atoms with van der Waals surface area (Å²) in [5.74, 6) is 2.87. The average Bonchev–Trinajstić information content (AvgIpc) is 3.07. The Hall–Kier alpha value is -3.68. The van der Waals surface area contributed by atoms with Gasteiger partial charge in [0.25, 0.3) is 5.91 Å². The zero-order valence-electron chi connectivity index (χ0n) is 13.6. The molecule has 1 N–H and O–H groups in total. The van der Waals surface area contributed by atoms with Crippen LogP contribution in [0.15, 0.2) is 35.0 Å². The number of nitrogens with one attached hydrogen (secondary N) is 1. The standard InChI is InChI=1S/C15H14N10O/c1-2-3-4-15(20-21-15)5-6-17-14(26)11-7-18-24(10-11)13-9-16-8-12-19-22-23-25(12)13/h1,7-10H,3-6H2,(H,17,26). The Labute approximate surface area is 147 Å². The fourth-order valence-electron chi connectivity index (χ4n) is 2.53. The lowest BCUT2D eigenvalue weighted by Gasteiger charge is -2.09. The molecule has 0 saturated heterocycles. The summed E-state index contributed by atoms with van der Waals surface area (Å²) in [5, 5.41) is 26.4. The second-order valence-corrected chi connectivity index (χ2v) is 5.78. The van der Waals surface area contributed by atoms with E-state index < -0.39 is 5.66 Å². The zero-order chi connectivity index (χ0) is 18.0. The Morgan fingerprint density at radius 3 is 2.96 bits per heavy atom. The van der Waals surface area contributed by atoms with E-state index in [1.807, 2.05) is 0 Å². The summed E-state index contributed by atoms with van der Waals surface area (Å²) >= 11 is 0. The maximum absolute atomic E-state index is 12.3. The smallest absolute Gasteiger partial charge is 0.254 e. The first-order chi connectivity index (χ1) is 12.7. The molecule has 1 aliphatic heterocycles. The van der Waals surface area contributed by atoms with E-state index in [1.165, 1.54) is 21.6 Å². The molecule has 3 aromatic heterocycles. The summed E-state index contributed by atoms with van der Waals surface area (Å²) < 4.78 is 2.97. The van der Waals surface area contributed by atoms with E-state index >= 15 is 0 Å². The van der Waals surface area contributed by atoms with Gasteiger partial charge in [-0.25, -0.2) is 4.68 Å². The van der Waals surface area contributed by atoms with Crippen molar-refractivity contribution < 1.29 is 4.79 Å². The summed E-state index contributed by atoms with van der Waals surface area (Å²) in [5.41, 5.74) is 0.487. The molecule has 1 aliphatic rings. The summed E-state index contributed by atoms with van der Waals surface area (Å²) in [6.07, 6.45) is 13.4. The Balaban J connectivity index is 1.39. The van der Waals surface area contributed by atoms with Crippen LogP contribution >= 0.6 is 0 Å². The zero-order valence-corrected chi connectivity index (χ0v) is 13.6. The molecule has 0 aromatic carbocycles. The molecular formula is C15H14N10O. The van der Waals surface area contributed by atoms with Crippen LogP contribution in [0.4, 0.5) is 0 Å². The van der Waals surface area contributed by atoms with Crippen molar-refractivity contribution in [3.8, 4) is 18.2 Å². The molecule has 0 atom stereocenters. The number of carbonyl (C=O) groups excluding carboxylic acids is 1. The van der Waals surface area contributed by atoms with Gasteiger partial charge in [-0.2, -0.15) is 19.8 Å². The first-order valence-electron chi connectivity index (χ1n) is 7.94. The summed E-state index contributed by atoms with van der Waals surface area (Å²) in [6.45, 7) is 0.450. The third kappa shape index (κ3) is 3.00. The Bertz CT molecular complexity index is 1020. The van der Waals surface area contributed by atoms with E-state index in [0.29, 0.717) is 42.8 Å². The van der Waals surface area contributed by atoms with Gasteiger partial charge in [-0.3, -0.25) is 9.78 Å². The molecule has 4 rings (SSSR count). The number of hydrogen-bond donors (Lipinski definition) is 1. The molecule has 0 spiro atoms. The van der Waals surface area contributed by atoms with Crippen molar-refractivity contribution in [3.05, 3.63) is 30.4 Å². The highest BCUT2D eigenvalue weighted by Gasteiger charge is 2.38. The van der Waals surface area contributed by atoms with Crippen LogP contribution in [0.5, 0.6) is 0 Å². The molecule has 0 radical (unpaired) electrons. The van der Waals surface area contributed by atoms with E-state index in [-0.39, 0.29) is 5.91 Å². The number of rotatable bonds is 7. The lowest BCUT2D eigenvalue weighted by Crippen LogP contribution is -2.28. The van der Waals surface area contributed by atoms with Crippen LogP contribution in [0, 0.1) is 12.3 Å². The summed E-state index contributed by atoms with van der Waals surface area (Å²) in [6, 6.07) is 0. The maximum Gasteiger partial charge on any atom is 0.254 e. The number of tetrazole rings is 1. The SMILES string of the molecule is C#CCCC1(CCNC(=O)c2cnn(-c3cncc4nnnn34)c2)N=N1. The monoisotopic (exact) mass is 350 g/mol. The Morgan fingerprint density at radius 1 is 1.27 bits per heavy atom. The van der Waals surface area contributed by atoms with E-state index in [0.717, 1.165) is 0 Å². The van der Waals surface area contributed by atoms with Gasteiger partial charge in [-0.05, 0) is 10.4 Å². The van der Waals surface area contributed by atoms with E-state index in [1.54, 1.807) is 12.4 Å². The molecule has 11 nitrogen and oxygen atoms in total. The van der Waals surface area contributed by atoms with Crippen molar-refractivity contribution in [1.29, 1.82) is 0 Å². The Kier molecular flexibility index (Phi) is 3.85. The predicted octanol–water partition coefficient (Wildman–Crippen LogP) is 0.400. The van der Waals surface area contributed by atoms with Gasteiger partial charge in [0.2, 0.25) is 0 Å². The molecule has 26 heavy (non-hydrogen) atoms. The van der Waals surface area contributed by atoms with E-state index in [9.17, 15) is 4.79 Å². The highest BCUT2D eigenvalue weighted by molar-refractivity contribution is 5.93. The number of hydrogen-bond acceptors (Lipinski definition) is 8. The number of fused-ring (bicyclic) bond motifs is 1. The number of terminal acetylenes is 1. The molecule has 0 bridgehead atoms. The van der Waals surface area contributed by atoms with Gasteiger partial charge in [0, 0.05) is 32.0 Å². The van der Waals surface area contributed by atoms with Crippen LogP contribution in [0.1, 0.15) is 29.6 Å². The molecule has 130 valence electrons. The van der Waals surface area contributed by atoms with Crippen LogP contribution < -0.4 is 5.32 Å². The molecule has 1 amide bonds. The molecule has 0 fully saturated rings.